The maximum atomic E-state index is 12.5. The van der Waals surface area contributed by atoms with E-state index in [1.54, 1.807) is 31.2 Å². The molecule has 0 aliphatic carbocycles. The fourth-order valence-electron chi connectivity index (χ4n) is 2.41. The van der Waals surface area contributed by atoms with Gasteiger partial charge >= 0.3 is 5.97 Å². The molecule has 0 N–H and O–H groups in total. The van der Waals surface area contributed by atoms with Gasteiger partial charge in [0, 0.05) is 13.1 Å². The van der Waals surface area contributed by atoms with Crippen LogP contribution in [0.3, 0.4) is 0 Å². The van der Waals surface area contributed by atoms with E-state index in [4.69, 9.17) is 4.74 Å². The number of hydrogen-bond donors (Lipinski definition) is 0. The first-order valence-corrected chi connectivity index (χ1v) is 9.73. The number of piperidine rings is 1. The van der Waals surface area contributed by atoms with Gasteiger partial charge in [-0.25, -0.2) is 8.42 Å². The van der Waals surface area contributed by atoms with Crippen molar-refractivity contribution in [3.8, 4) is 0 Å². The molecule has 0 amide bonds. The van der Waals surface area contributed by atoms with Crippen LogP contribution in [0.15, 0.2) is 29.2 Å². The summed E-state index contributed by atoms with van der Waals surface area (Å²) in [5.74, 6) is -0.380. The summed E-state index contributed by atoms with van der Waals surface area (Å²) in [5, 5.41) is 0. The Kier molecular flexibility index (Phi) is 6.00. The van der Waals surface area contributed by atoms with Crippen molar-refractivity contribution < 1.29 is 17.9 Å². The normalized spacial score (nSPS) is 17.9. The predicted octanol–water partition coefficient (Wildman–Crippen LogP) is 2.86. The Hall–Kier alpha value is -0.920. The molecule has 1 atom stereocenters. The standard InChI is InChI=1S/C15H20BrNO4S/c1-2-21-15(18)14(16)12-6-8-13(9-7-12)22(19,20)17-10-4-3-5-11-17/h6-9,14H,2-5,10-11H2,1H3. The van der Waals surface area contributed by atoms with Crippen LogP contribution in [0.2, 0.25) is 0 Å². The van der Waals surface area contributed by atoms with Crippen LogP contribution in [0, 0.1) is 0 Å². The summed E-state index contributed by atoms with van der Waals surface area (Å²) in [6, 6.07) is 6.39. The van der Waals surface area contributed by atoms with E-state index in [0.29, 0.717) is 25.3 Å². The average Bonchev–Trinajstić information content (AvgIpc) is 2.55. The molecule has 2 rings (SSSR count). The van der Waals surface area contributed by atoms with Crippen molar-refractivity contribution >= 4 is 31.9 Å². The summed E-state index contributed by atoms with van der Waals surface area (Å²) in [6.07, 6.45) is 2.89. The van der Waals surface area contributed by atoms with E-state index >= 15 is 0 Å². The van der Waals surface area contributed by atoms with Crippen molar-refractivity contribution in [2.75, 3.05) is 19.7 Å². The number of nitrogens with zero attached hydrogens (tertiary/aromatic N) is 1. The molecule has 1 aromatic carbocycles. The van der Waals surface area contributed by atoms with Crippen LogP contribution in [0.1, 0.15) is 36.6 Å². The highest BCUT2D eigenvalue weighted by molar-refractivity contribution is 9.09. The Balaban J connectivity index is 2.15. The molecule has 0 radical (unpaired) electrons. The SMILES string of the molecule is CCOC(=O)C(Br)c1ccc(S(=O)(=O)N2CCCCC2)cc1. The van der Waals surface area contributed by atoms with Crippen LogP contribution in [0.25, 0.3) is 0 Å². The van der Waals surface area contributed by atoms with E-state index < -0.39 is 14.9 Å². The summed E-state index contributed by atoms with van der Waals surface area (Å²) >= 11 is 3.27. The van der Waals surface area contributed by atoms with Gasteiger partial charge < -0.3 is 4.74 Å². The van der Waals surface area contributed by atoms with Crippen LogP contribution in [-0.2, 0) is 19.6 Å². The van der Waals surface area contributed by atoms with Crippen LogP contribution in [0.4, 0.5) is 0 Å². The third kappa shape index (κ3) is 3.88. The number of alkyl halides is 1. The zero-order chi connectivity index (χ0) is 16.2. The Morgan fingerprint density at radius 1 is 1.23 bits per heavy atom. The second kappa shape index (κ2) is 7.57. The number of hydrogen-bond acceptors (Lipinski definition) is 4. The smallest absolute Gasteiger partial charge is 0.324 e. The molecule has 0 spiro atoms. The summed E-state index contributed by atoms with van der Waals surface area (Å²) in [7, 11) is -3.43. The van der Waals surface area contributed by atoms with Crippen molar-refractivity contribution in [2.45, 2.75) is 35.9 Å². The Labute approximate surface area is 139 Å². The molecule has 0 bridgehead atoms. The van der Waals surface area contributed by atoms with Gasteiger partial charge in [0.25, 0.3) is 0 Å². The van der Waals surface area contributed by atoms with E-state index in [0.717, 1.165) is 19.3 Å². The van der Waals surface area contributed by atoms with Gasteiger partial charge in [0.15, 0.2) is 0 Å². The van der Waals surface area contributed by atoms with E-state index in [2.05, 4.69) is 15.9 Å². The molecule has 5 nitrogen and oxygen atoms in total. The Morgan fingerprint density at radius 3 is 2.36 bits per heavy atom. The van der Waals surface area contributed by atoms with E-state index in [9.17, 15) is 13.2 Å². The van der Waals surface area contributed by atoms with Gasteiger partial charge in [-0.15, -0.1) is 0 Å². The minimum atomic E-state index is -3.43. The van der Waals surface area contributed by atoms with Gasteiger partial charge in [-0.2, -0.15) is 4.31 Å². The second-order valence-electron chi connectivity index (χ2n) is 5.15. The first kappa shape index (κ1) is 17.4. The average molecular weight is 390 g/mol. The number of carbonyl (C=O) groups is 1. The molecule has 0 aromatic heterocycles. The van der Waals surface area contributed by atoms with Crippen LogP contribution in [-0.4, -0.2) is 38.4 Å². The lowest BCUT2D eigenvalue weighted by Gasteiger charge is -2.26. The third-order valence-corrected chi connectivity index (χ3v) is 6.43. The van der Waals surface area contributed by atoms with Crippen LogP contribution < -0.4 is 0 Å². The van der Waals surface area contributed by atoms with Crippen molar-refractivity contribution in [1.82, 2.24) is 4.31 Å². The minimum absolute atomic E-state index is 0.265. The first-order chi connectivity index (χ1) is 10.5. The number of carbonyl (C=O) groups excluding carboxylic acids is 1. The van der Waals surface area contributed by atoms with Crippen molar-refractivity contribution in [3.63, 3.8) is 0 Å². The topological polar surface area (TPSA) is 63.7 Å². The van der Waals surface area contributed by atoms with Gasteiger partial charge in [-0.1, -0.05) is 34.5 Å². The number of esters is 1. The van der Waals surface area contributed by atoms with Crippen LogP contribution >= 0.6 is 15.9 Å². The molecule has 1 heterocycles. The maximum absolute atomic E-state index is 12.5. The fourth-order valence-corrected chi connectivity index (χ4v) is 4.37. The molecule has 22 heavy (non-hydrogen) atoms. The number of rotatable bonds is 5. The third-order valence-electron chi connectivity index (χ3n) is 3.62. The second-order valence-corrected chi connectivity index (χ2v) is 8.00. The molecule has 1 aliphatic heterocycles. The molecule has 7 heteroatoms. The molecule has 122 valence electrons. The van der Waals surface area contributed by atoms with Gasteiger partial charge in [-0.3, -0.25) is 4.79 Å². The van der Waals surface area contributed by atoms with Gasteiger partial charge in [-0.05, 0) is 37.5 Å². The Bertz CT molecular complexity index is 609. The molecule has 1 fully saturated rings. The molecule has 0 saturated carbocycles. The Morgan fingerprint density at radius 2 is 1.82 bits per heavy atom. The molecular weight excluding hydrogens is 370 g/mol. The highest BCUT2D eigenvalue weighted by Crippen LogP contribution is 2.27. The maximum Gasteiger partial charge on any atom is 0.324 e. The largest absolute Gasteiger partial charge is 0.465 e. The van der Waals surface area contributed by atoms with Gasteiger partial charge in [0.1, 0.15) is 4.83 Å². The quantitative estimate of drug-likeness (QED) is 0.573. The molecule has 1 aliphatic rings. The van der Waals surface area contributed by atoms with Crippen LogP contribution in [0.5, 0.6) is 0 Å². The molecule has 1 aromatic rings. The van der Waals surface area contributed by atoms with Crippen molar-refractivity contribution in [1.29, 1.82) is 0 Å². The number of ether oxygens (including phenoxy) is 1. The zero-order valence-electron chi connectivity index (χ0n) is 12.5. The lowest BCUT2D eigenvalue weighted by Crippen LogP contribution is -2.35. The minimum Gasteiger partial charge on any atom is -0.465 e. The number of halogens is 1. The first-order valence-electron chi connectivity index (χ1n) is 7.37. The summed E-state index contributed by atoms with van der Waals surface area (Å²) in [5.41, 5.74) is 0.677. The van der Waals surface area contributed by atoms with E-state index in [1.807, 2.05) is 0 Å². The molecule has 1 unspecified atom stereocenters. The van der Waals surface area contributed by atoms with Gasteiger partial charge in [0.2, 0.25) is 10.0 Å². The molecule has 1 saturated heterocycles. The number of benzene rings is 1. The molecular formula is C15H20BrNO4S. The van der Waals surface area contributed by atoms with E-state index in [-0.39, 0.29) is 10.9 Å². The van der Waals surface area contributed by atoms with Crippen molar-refractivity contribution in [2.24, 2.45) is 0 Å². The highest BCUT2D eigenvalue weighted by Gasteiger charge is 2.26. The number of sulfonamides is 1. The van der Waals surface area contributed by atoms with E-state index in [1.165, 1.54) is 4.31 Å². The fraction of sp³-hybridized carbons (Fsp3) is 0.533. The lowest BCUT2D eigenvalue weighted by atomic mass is 10.1. The summed E-state index contributed by atoms with van der Waals surface area (Å²) in [4.78, 5) is 11.4. The monoisotopic (exact) mass is 389 g/mol. The summed E-state index contributed by atoms with van der Waals surface area (Å²) in [6.45, 7) is 3.20. The highest BCUT2D eigenvalue weighted by atomic mass is 79.9. The predicted molar refractivity (Wildman–Crippen MR) is 87.4 cm³/mol. The van der Waals surface area contributed by atoms with Crippen molar-refractivity contribution in [3.05, 3.63) is 29.8 Å². The summed E-state index contributed by atoms with van der Waals surface area (Å²) < 4.78 is 31.5. The lowest BCUT2D eigenvalue weighted by molar-refractivity contribution is -0.142. The zero-order valence-corrected chi connectivity index (χ0v) is 14.9. The van der Waals surface area contributed by atoms with Gasteiger partial charge in [0.05, 0.1) is 11.5 Å².